The van der Waals surface area contributed by atoms with E-state index in [0.717, 1.165) is 13.1 Å². The third-order valence-electron chi connectivity index (χ3n) is 3.19. The Hall–Kier alpha value is -1.13. The fourth-order valence-electron chi connectivity index (χ4n) is 2.03. The van der Waals surface area contributed by atoms with Crippen molar-refractivity contribution in [1.29, 1.82) is 0 Å². The molecule has 0 amide bonds. The predicted molar refractivity (Wildman–Crippen MR) is 77.2 cm³/mol. The van der Waals surface area contributed by atoms with Gasteiger partial charge in [0.15, 0.2) is 0 Å². The number of nitrogens with one attached hydrogen (secondary N) is 1. The standard InChI is InChI=1S/C14H21N3S/c1-5-15-14(12-8-16-17(6-2)9-12)13-7-10(3)11(4)18-13/h7-9,14-15H,5-6H2,1-4H3. The van der Waals surface area contributed by atoms with Crippen LogP contribution in [0.5, 0.6) is 0 Å². The summed E-state index contributed by atoms with van der Waals surface area (Å²) < 4.78 is 1.98. The lowest BCUT2D eigenvalue weighted by molar-refractivity contribution is 0.632. The fraction of sp³-hybridized carbons (Fsp3) is 0.500. The van der Waals surface area contributed by atoms with Crippen LogP contribution in [0.1, 0.15) is 40.8 Å². The first-order valence-corrected chi connectivity index (χ1v) is 7.30. The molecular weight excluding hydrogens is 242 g/mol. The van der Waals surface area contributed by atoms with E-state index < -0.39 is 0 Å². The van der Waals surface area contributed by atoms with Crippen LogP contribution in [0.4, 0.5) is 0 Å². The third-order valence-corrected chi connectivity index (χ3v) is 4.41. The first-order valence-electron chi connectivity index (χ1n) is 6.48. The van der Waals surface area contributed by atoms with Gasteiger partial charge in [-0.05, 0) is 38.9 Å². The average Bonchev–Trinajstić information content (AvgIpc) is 2.94. The molecule has 0 fully saturated rings. The van der Waals surface area contributed by atoms with E-state index in [2.05, 4.69) is 50.4 Å². The van der Waals surface area contributed by atoms with E-state index in [-0.39, 0.29) is 6.04 Å². The Morgan fingerprint density at radius 1 is 1.39 bits per heavy atom. The molecule has 1 unspecified atom stereocenters. The zero-order valence-corrected chi connectivity index (χ0v) is 12.3. The zero-order valence-electron chi connectivity index (χ0n) is 11.5. The number of nitrogens with zero attached hydrogens (tertiary/aromatic N) is 2. The largest absolute Gasteiger partial charge is 0.306 e. The van der Waals surface area contributed by atoms with Crippen LogP contribution in [-0.2, 0) is 6.54 Å². The highest BCUT2D eigenvalue weighted by Crippen LogP contribution is 2.30. The molecule has 1 atom stereocenters. The molecule has 0 aliphatic carbocycles. The highest BCUT2D eigenvalue weighted by molar-refractivity contribution is 7.12. The second kappa shape index (κ2) is 5.67. The minimum absolute atomic E-state index is 0.271. The summed E-state index contributed by atoms with van der Waals surface area (Å²) >= 11 is 1.87. The highest BCUT2D eigenvalue weighted by atomic mass is 32.1. The summed E-state index contributed by atoms with van der Waals surface area (Å²) in [7, 11) is 0. The molecule has 18 heavy (non-hydrogen) atoms. The van der Waals surface area contributed by atoms with Crippen molar-refractivity contribution in [1.82, 2.24) is 15.1 Å². The van der Waals surface area contributed by atoms with Crippen molar-refractivity contribution in [2.45, 2.75) is 40.3 Å². The Morgan fingerprint density at radius 3 is 2.67 bits per heavy atom. The monoisotopic (exact) mass is 263 g/mol. The van der Waals surface area contributed by atoms with Crippen LogP contribution in [0.2, 0.25) is 0 Å². The zero-order chi connectivity index (χ0) is 13.1. The number of hydrogen-bond donors (Lipinski definition) is 1. The van der Waals surface area contributed by atoms with Gasteiger partial charge >= 0.3 is 0 Å². The van der Waals surface area contributed by atoms with Gasteiger partial charge < -0.3 is 5.32 Å². The number of hydrogen-bond acceptors (Lipinski definition) is 3. The lowest BCUT2D eigenvalue weighted by Crippen LogP contribution is -2.20. The van der Waals surface area contributed by atoms with Crippen molar-refractivity contribution in [3.63, 3.8) is 0 Å². The number of rotatable bonds is 5. The summed E-state index contributed by atoms with van der Waals surface area (Å²) in [6, 6.07) is 2.56. The molecule has 0 saturated heterocycles. The molecule has 0 aliphatic rings. The van der Waals surface area contributed by atoms with Gasteiger partial charge in [0, 0.05) is 28.1 Å². The fourth-order valence-corrected chi connectivity index (χ4v) is 3.18. The van der Waals surface area contributed by atoms with Crippen LogP contribution < -0.4 is 5.32 Å². The van der Waals surface area contributed by atoms with E-state index in [0.29, 0.717) is 0 Å². The first-order chi connectivity index (χ1) is 8.65. The molecule has 0 bridgehead atoms. The van der Waals surface area contributed by atoms with Crippen LogP contribution in [0.3, 0.4) is 0 Å². The topological polar surface area (TPSA) is 29.9 Å². The predicted octanol–water partition coefficient (Wildman–Crippen LogP) is 3.28. The van der Waals surface area contributed by atoms with Gasteiger partial charge in [0.1, 0.15) is 0 Å². The van der Waals surface area contributed by atoms with Gasteiger partial charge in [-0.1, -0.05) is 6.92 Å². The van der Waals surface area contributed by atoms with E-state index >= 15 is 0 Å². The van der Waals surface area contributed by atoms with Crippen LogP contribution in [-0.4, -0.2) is 16.3 Å². The smallest absolute Gasteiger partial charge is 0.0702 e. The molecule has 1 N–H and O–H groups in total. The number of aromatic nitrogens is 2. The minimum Gasteiger partial charge on any atom is -0.306 e. The Morgan fingerprint density at radius 2 is 2.17 bits per heavy atom. The van der Waals surface area contributed by atoms with Crippen molar-refractivity contribution in [2.24, 2.45) is 0 Å². The molecule has 3 nitrogen and oxygen atoms in total. The van der Waals surface area contributed by atoms with Crippen molar-refractivity contribution < 1.29 is 0 Å². The normalized spacial score (nSPS) is 12.9. The average molecular weight is 263 g/mol. The molecule has 0 saturated carbocycles. The maximum atomic E-state index is 4.37. The van der Waals surface area contributed by atoms with Gasteiger partial charge in [0.05, 0.1) is 12.2 Å². The Balaban J connectivity index is 2.32. The second-order valence-electron chi connectivity index (χ2n) is 4.51. The molecule has 2 heterocycles. The molecule has 2 aromatic rings. The molecular formula is C14H21N3S. The quantitative estimate of drug-likeness (QED) is 0.897. The highest BCUT2D eigenvalue weighted by Gasteiger charge is 2.17. The van der Waals surface area contributed by atoms with Crippen molar-refractivity contribution in [3.8, 4) is 0 Å². The molecule has 4 heteroatoms. The third kappa shape index (κ3) is 2.65. The lowest BCUT2D eigenvalue weighted by atomic mass is 10.1. The molecule has 2 aromatic heterocycles. The van der Waals surface area contributed by atoms with E-state index in [1.54, 1.807) is 0 Å². The first kappa shape index (κ1) is 13.3. The van der Waals surface area contributed by atoms with Gasteiger partial charge in [-0.2, -0.15) is 5.10 Å². The summed E-state index contributed by atoms with van der Waals surface area (Å²) in [6.45, 7) is 10.5. The summed E-state index contributed by atoms with van der Waals surface area (Å²) in [4.78, 5) is 2.78. The summed E-state index contributed by atoms with van der Waals surface area (Å²) in [5.74, 6) is 0. The van der Waals surface area contributed by atoms with E-state index in [1.165, 1.54) is 20.9 Å². The van der Waals surface area contributed by atoms with E-state index in [9.17, 15) is 0 Å². The summed E-state index contributed by atoms with van der Waals surface area (Å²) in [5, 5.41) is 7.92. The van der Waals surface area contributed by atoms with Gasteiger partial charge in [0.2, 0.25) is 0 Å². The SMILES string of the molecule is CCNC(c1cnn(CC)c1)c1cc(C)c(C)s1. The maximum Gasteiger partial charge on any atom is 0.0702 e. The Labute approximate surface area is 113 Å². The van der Waals surface area contributed by atoms with E-state index in [1.807, 2.05) is 22.2 Å². The molecule has 98 valence electrons. The van der Waals surface area contributed by atoms with Crippen molar-refractivity contribution in [3.05, 3.63) is 39.3 Å². The molecule has 0 spiro atoms. The molecule has 0 radical (unpaired) electrons. The van der Waals surface area contributed by atoms with Crippen LogP contribution >= 0.6 is 11.3 Å². The number of aryl methyl sites for hydroxylation is 3. The van der Waals surface area contributed by atoms with Crippen LogP contribution in [0.15, 0.2) is 18.5 Å². The van der Waals surface area contributed by atoms with Crippen molar-refractivity contribution in [2.75, 3.05) is 6.54 Å². The molecule has 2 rings (SSSR count). The number of thiophene rings is 1. The van der Waals surface area contributed by atoms with Gasteiger partial charge in [-0.25, -0.2) is 0 Å². The molecule has 0 aromatic carbocycles. The second-order valence-corrected chi connectivity index (χ2v) is 5.80. The summed E-state index contributed by atoms with van der Waals surface area (Å²) in [5.41, 5.74) is 2.63. The minimum atomic E-state index is 0.271. The Bertz CT molecular complexity index is 493. The van der Waals surface area contributed by atoms with Gasteiger partial charge in [-0.15, -0.1) is 11.3 Å². The van der Waals surface area contributed by atoms with Crippen molar-refractivity contribution >= 4 is 11.3 Å². The lowest BCUT2D eigenvalue weighted by Gasteiger charge is -2.14. The van der Waals surface area contributed by atoms with Gasteiger partial charge in [0.25, 0.3) is 0 Å². The van der Waals surface area contributed by atoms with E-state index in [4.69, 9.17) is 0 Å². The summed E-state index contributed by atoms with van der Waals surface area (Å²) in [6.07, 6.45) is 4.11. The van der Waals surface area contributed by atoms with Crippen LogP contribution in [0.25, 0.3) is 0 Å². The van der Waals surface area contributed by atoms with Gasteiger partial charge in [-0.3, -0.25) is 4.68 Å². The molecule has 0 aliphatic heterocycles. The maximum absolute atomic E-state index is 4.37. The Kier molecular flexibility index (Phi) is 4.19. The van der Waals surface area contributed by atoms with Crippen LogP contribution in [0, 0.1) is 13.8 Å².